The first-order valence-electron chi connectivity index (χ1n) is 8.84. The summed E-state index contributed by atoms with van der Waals surface area (Å²) in [7, 11) is 1.69. The minimum absolute atomic E-state index is 0.144. The zero-order valence-corrected chi connectivity index (χ0v) is 15.4. The third-order valence-corrected chi connectivity index (χ3v) is 5.34. The number of hydrogen-bond acceptors (Lipinski definition) is 5. The van der Waals surface area contributed by atoms with E-state index in [9.17, 15) is 5.11 Å². The van der Waals surface area contributed by atoms with Crippen molar-refractivity contribution in [1.82, 2.24) is 9.80 Å². The van der Waals surface area contributed by atoms with Crippen molar-refractivity contribution in [3.8, 4) is 5.75 Å². The summed E-state index contributed by atoms with van der Waals surface area (Å²) in [5, 5.41) is 10.4. The van der Waals surface area contributed by atoms with E-state index in [1.54, 1.807) is 7.11 Å². The zero-order valence-electron chi connectivity index (χ0n) is 14.7. The molecular formula is C18H28ClN3O2. The smallest absolute Gasteiger partial charge is 0.160 e. The summed E-state index contributed by atoms with van der Waals surface area (Å²) >= 11 is 6.40. The normalized spacial score (nSPS) is 23.0. The van der Waals surface area contributed by atoms with Crippen molar-refractivity contribution >= 4 is 17.3 Å². The number of ether oxygens (including phenoxy) is 1. The standard InChI is InChI=1S/C18H28ClN3O2/c1-3-14-10-16(19)18(24-2)17(11-14)22-8-6-20(7-9-22)13-21-5-4-15(23)12-21/h10-11,15,23H,3-9,12-13H2,1-2H3. The van der Waals surface area contributed by atoms with Crippen molar-refractivity contribution in [3.05, 3.63) is 22.7 Å². The van der Waals surface area contributed by atoms with Crippen LogP contribution in [0.15, 0.2) is 12.1 Å². The highest BCUT2D eigenvalue weighted by Crippen LogP contribution is 2.37. The second kappa shape index (κ2) is 7.91. The lowest BCUT2D eigenvalue weighted by Gasteiger charge is -2.38. The van der Waals surface area contributed by atoms with Gasteiger partial charge in [-0.3, -0.25) is 9.80 Å². The first-order chi connectivity index (χ1) is 11.6. The van der Waals surface area contributed by atoms with Gasteiger partial charge in [0.15, 0.2) is 5.75 Å². The van der Waals surface area contributed by atoms with Crippen LogP contribution in [-0.2, 0) is 6.42 Å². The lowest BCUT2D eigenvalue weighted by molar-refractivity contribution is 0.123. The molecule has 0 bridgehead atoms. The van der Waals surface area contributed by atoms with Crippen LogP contribution in [0.2, 0.25) is 5.02 Å². The number of rotatable bonds is 5. The van der Waals surface area contributed by atoms with Gasteiger partial charge < -0.3 is 14.7 Å². The molecule has 0 spiro atoms. The van der Waals surface area contributed by atoms with Crippen LogP contribution < -0.4 is 9.64 Å². The topological polar surface area (TPSA) is 39.2 Å². The number of nitrogens with zero attached hydrogens (tertiary/aromatic N) is 3. The molecular weight excluding hydrogens is 326 g/mol. The van der Waals surface area contributed by atoms with Crippen LogP contribution in [0, 0.1) is 0 Å². The van der Waals surface area contributed by atoms with Gasteiger partial charge in [0.05, 0.1) is 30.6 Å². The van der Waals surface area contributed by atoms with Crippen molar-refractivity contribution in [2.75, 3.05) is 57.9 Å². The minimum Gasteiger partial charge on any atom is -0.493 e. The number of likely N-dealkylation sites (tertiary alicyclic amines) is 1. The van der Waals surface area contributed by atoms with Gasteiger partial charge in [0.25, 0.3) is 0 Å². The Hall–Kier alpha value is -1.01. The van der Waals surface area contributed by atoms with Gasteiger partial charge in [-0.05, 0) is 30.5 Å². The van der Waals surface area contributed by atoms with E-state index in [0.29, 0.717) is 5.02 Å². The SMILES string of the molecule is CCc1cc(Cl)c(OC)c(N2CCN(CN3CCC(O)C3)CC2)c1. The molecule has 2 aliphatic rings. The fraction of sp³-hybridized carbons (Fsp3) is 0.667. The van der Waals surface area contributed by atoms with E-state index in [1.807, 2.05) is 6.07 Å². The summed E-state index contributed by atoms with van der Waals surface area (Å²) in [6.07, 6.45) is 1.72. The van der Waals surface area contributed by atoms with Gasteiger partial charge in [-0.1, -0.05) is 18.5 Å². The fourth-order valence-electron chi connectivity index (χ4n) is 3.63. The van der Waals surface area contributed by atoms with Crippen LogP contribution in [0.5, 0.6) is 5.75 Å². The van der Waals surface area contributed by atoms with Gasteiger partial charge in [-0.15, -0.1) is 0 Å². The maximum atomic E-state index is 9.66. The monoisotopic (exact) mass is 353 g/mol. The number of aryl methyl sites for hydroxylation is 1. The first-order valence-corrected chi connectivity index (χ1v) is 9.22. The Morgan fingerprint density at radius 2 is 1.92 bits per heavy atom. The quantitative estimate of drug-likeness (QED) is 0.877. The van der Waals surface area contributed by atoms with Gasteiger partial charge in [-0.2, -0.15) is 0 Å². The van der Waals surface area contributed by atoms with Gasteiger partial charge in [-0.25, -0.2) is 0 Å². The molecule has 2 saturated heterocycles. The highest BCUT2D eigenvalue weighted by Gasteiger charge is 2.25. The fourth-order valence-corrected chi connectivity index (χ4v) is 3.94. The largest absolute Gasteiger partial charge is 0.493 e. The average Bonchev–Trinajstić information content (AvgIpc) is 2.99. The summed E-state index contributed by atoms with van der Waals surface area (Å²) in [5.41, 5.74) is 2.35. The molecule has 1 aromatic carbocycles. The van der Waals surface area contributed by atoms with Crippen molar-refractivity contribution in [3.63, 3.8) is 0 Å². The molecule has 0 aromatic heterocycles. The van der Waals surface area contributed by atoms with Crippen molar-refractivity contribution in [2.24, 2.45) is 0 Å². The van der Waals surface area contributed by atoms with Crippen LogP contribution in [0.4, 0.5) is 5.69 Å². The molecule has 2 aliphatic heterocycles. The molecule has 1 atom stereocenters. The molecule has 2 heterocycles. The highest BCUT2D eigenvalue weighted by atomic mass is 35.5. The molecule has 134 valence electrons. The van der Waals surface area contributed by atoms with E-state index in [-0.39, 0.29) is 6.10 Å². The number of aliphatic hydroxyl groups excluding tert-OH is 1. The van der Waals surface area contributed by atoms with Crippen molar-refractivity contribution in [1.29, 1.82) is 0 Å². The summed E-state index contributed by atoms with van der Waals surface area (Å²) in [6, 6.07) is 4.20. The predicted molar refractivity (Wildman–Crippen MR) is 98.2 cm³/mol. The van der Waals surface area contributed by atoms with E-state index < -0.39 is 0 Å². The lowest BCUT2D eigenvalue weighted by atomic mass is 10.1. The van der Waals surface area contributed by atoms with E-state index in [2.05, 4.69) is 27.7 Å². The van der Waals surface area contributed by atoms with E-state index in [1.165, 1.54) is 5.56 Å². The Bertz CT molecular complexity index is 561. The molecule has 0 saturated carbocycles. The van der Waals surface area contributed by atoms with Crippen molar-refractivity contribution < 1.29 is 9.84 Å². The maximum Gasteiger partial charge on any atom is 0.160 e. The molecule has 0 radical (unpaired) electrons. The van der Waals surface area contributed by atoms with Crippen LogP contribution in [0.25, 0.3) is 0 Å². The zero-order chi connectivity index (χ0) is 17.1. The Labute approximate surface area is 149 Å². The second-order valence-corrected chi connectivity index (χ2v) is 7.16. The Morgan fingerprint density at radius 1 is 1.17 bits per heavy atom. The third-order valence-electron chi connectivity index (χ3n) is 5.06. The molecule has 1 unspecified atom stereocenters. The predicted octanol–water partition coefficient (Wildman–Crippen LogP) is 2.06. The molecule has 0 amide bonds. The number of methoxy groups -OCH3 is 1. The number of benzene rings is 1. The van der Waals surface area contributed by atoms with E-state index in [4.69, 9.17) is 16.3 Å². The summed E-state index contributed by atoms with van der Waals surface area (Å²) < 4.78 is 5.55. The van der Waals surface area contributed by atoms with E-state index >= 15 is 0 Å². The Morgan fingerprint density at radius 3 is 2.50 bits per heavy atom. The average molecular weight is 354 g/mol. The summed E-state index contributed by atoms with van der Waals surface area (Å²) in [5.74, 6) is 0.782. The second-order valence-electron chi connectivity index (χ2n) is 6.75. The number of aliphatic hydroxyl groups is 1. The van der Waals surface area contributed by atoms with Crippen LogP contribution in [0.3, 0.4) is 0 Å². The molecule has 24 heavy (non-hydrogen) atoms. The highest BCUT2D eigenvalue weighted by molar-refractivity contribution is 6.32. The Kier molecular flexibility index (Phi) is 5.87. The summed E-state index contributed by atoms with van der Waals surface area (Å²) in [6.45, 7) is 8.88. The van der Waals surface area contributed by atoms with E-state index in [0.717, 1.165) is 70.2 Å². The number of hydrogen-bond donors (Lipinski definition) is 1. The maximum absolute atomic E-state index is 9.66. The van der Waals surface area contributed by atoms with Crippen LogP contribution >= 0.6 is 11.6 Å². The third kappa shape index (κ3) is 3.97. The lowest BCUT2D eigenvalue weighted by Crippen LogP contribution is -2.50. The first kappa shape index (κ1) is 17.8. The number of halogens is 1. The van der Waals surface area contributed by atoms with Crippen LogP contribution in [-0.4, -0.2) is 74.1 Å². The van der Waals surface area contributed by atoms with Gasteiger partial charge >= 0.3 is 0 Å². The number of piperazine rings is 1. The number of anilines is 1. The van der Waals surface area contributed by atoms with Gasteiger partial charge in [0.2, 0.25) is 0 Å². The van der Waals surface area contributed by atoms with Gasteiger partial charge in [0.1, 0.15) is 0 Å². The minimum atomic E-state index is -0.144. The molecule has 6 heteroatoms. The molecule has 5 nitrogen and oxygen atoms in total. The molecule has 1 N–H and O–H groups in total. The summed E-state index contributed by atoms with van der Waals surface area (Å²) in [4.78, 5) is 7.18. The molecule has 0 aliphatic carbocycles. The van der Waals surface area contributed by atoms with Crippen molar-refractivity contribution in [2.45, 2.75) is 25.9 Å². The molecule has 2 fully saturated rings. The number of β-amino-alcohol motifs (C(OH)–C–C–N with tert-alkyl or cyclic N) is 1. The van der Waals surface area contributed by atoms with Gasteiger partial charge in [0, 0.05) is 39.3 Å². The Balaban J connectivity index is 1.63. The molecule has 1 aromatic rings. The molecule has 3 rings (SSSR count). The van der Waals surface area contributed by atoms with Crippen LogP contribution in [0.1, 0.15) is 18.9 Å².